The van der Waals surface area contributed by atoms with Crippen LogP contribution in [0.15, 0.2) is 47.8 Å². The summed E-state index contributed by atoms with van der Waals surface area (Å²) in [5.74, 6) is 0.234. The van der Waals surface area contributed by atoms with Crippen molar-refractivity contribution in [2.75, 3.05) is 25.5 Å². The summed E-state index contributed by atoms with van der Waals surface area (Å²) >= 11 is 6.17. The lowest BCUT2D eigenvalue weighted by atomic mass is 9.99. The van der Waals surface area contributed by atoms with Crippen LogP contribution in [0, 0.1) is 5.92 Å². The molecule has 176 valence electrons. The number of anilines is 1. The molecule has 1 aliphatic rings. The molecule has 7 nitrogen and oxygen atoms in total. The van der Waals surface area contributed by atoms with Gasteiger partial charge in [0.15, 0.2) is 0 Å². The van der Waals surface area contributed by atoms with Gasteiger partial charge in [-0.1, -0.05) is 18.6 Å². The molecule has 1 unspecified atom stereocenters. The second kappa shape index (κ2) is 13.0. The smallest absolute Gasteiger partial charge is 0.310 e. The molecule has 32 heavy (non-hydrogen) atoms. The molecular weight excluding hydrogens is 430 g/mol. The molecule has 1 aromatic carbocycles. The zero-order valence-corrected chi connectivity index (χ0v) is 20.0. The molecule has 1 amide bonds. The van der Waals surface area contributed by atoms with Gasteiger partial charge in [-0.3, -0.25) is 9.59 Å². The van der Waals surface area contributed by atoms with Crippen LogP contribution in [0.2, 0.25) is 0 Å². The fourth-order valence-corrected chi connectivity index (χ4v) is 3.32. The predicted molar refractivity (Wildman–Crippen MR) is 128 cm³/mol. The van der Waals surface area contributed by atoms with E-state index < -0.39 is 5.92 Å². The number of halogens is 1. The van der Waals surface area contributed by atoms with Crippen molar-refractivity contribution in [2.45, 2.75) is 51.5 Å². The number of nitrogens with one attached hydrogen (secondary N) is 3. The molecule has 3 N–H and O–H groups in total. The van der Waals surface area contributed by atoms with E-state index in [4.69, 9.17) is 21.1 Å². The van der Waals surface area contributed by atoms with Crippen LogP contribution in [-0.4, -0.2) is 43.6 Å². The van der Waals surface area contributed by atoms with Crippen molar-refractivity contribution in [3.05, 3.63) is 47.8 Å². The number of hydrogen-bond acceptors (Lipinski definition) is 6. The molecule has 0 bridgehead atoms. The Balaban J connectivity index is 2.04. The van der Waals surface area contributed by atoms with Crippen molar-refractivity contribution in [3.63, 3.8) is 0 Å². The zero-order chi connectivity index (χ0) is 23.5. The number of carbonyl (C=O) groups excluding carboxylic acids is 2. The molecule has 2 atom stereocenters. The third-order valence-electron chi connectivity index (χ3n) is 4.91. The molecule has 0 spiro atoms. The van der Waals surface area contributed by atoms with E-state index in [1.807, 2.05) is 38.1 Å². The van der Waals surface area contributed by atoms with Gasteiger partial charge in [-0.2, -0.15) is 0 Å². The molecule has 0 aromatic heterocycles. The molecular formula is C24H34ClN3O4. The lowest BCUT2D eigenvalue weighted by molar-refractivity contribution is -0.144. The first-order valence-electron chi connectivity index (χ1n) is 10.9. The quantitative estimate of drug-likeness (QED) is 0.199. The first kappa shape index (κ1) is 25.6. The minimum Gasteiger partial charge on any atom is -0.491 e. The van der Waals surface area contributed by atoms with Crippen molar-refractivity contribution in [2.24, 2.45) is 5.92 Å². The molecule has 1 aromatic rings. The maximum absolute atomic E-state index is 12.5. The number of benzene rings is 1. The Bertz CT molecular complexity index is 821. The number of amides is 1. The fraction of sp³-hybridized carbons (Fsp3) is 0.500. The molecule has 0 aliphatic heterocycles. The number of hydrogen-bond donors (Lipinski definition) is 3. The summed E-state index contributed by atoms with van der Waals surface area (Å²) in [5, 5.41) is 9.49. The normalized spacial score (nSPS) is 17.2. The maximum Gasteiger partial charge on any atom is 0.310 e. The van der Waals surface area contributed by atoms with Gasteiger partial charge in [0, 0.05) is 30.2 Å². The number of alkyl halides is 1. The Morgan fingerprint density at radius 3 is 2.50 bits per heavy atom. The number of carbonyl (C=O) groups is 2. The Morgan fingerprint density at radius 1 is 1.19 bits per heavy atom. The van der Waals surface area contributed by atoms with Gasteiger partial charge in [0.25, 0.3) is 0 Å². The van der Waals surface area contributed by atoms with Crippen LogP contribution in [-0.2, 0) is 14.3 Å². The summed E-state index contributed by atoms with van der Waals surface area (Å²) < 4.78 is 10.4. The SMILES string of the molecule is COC(=O)[C@@H](C)CNC(=O)/C=C(\NCC1=CCC(Cl)CC1)Nc1ccc(OC(C)C)cc1. The number of rotatable bonds is 11. The average molecular weight is 464 g/mol. The molecule has 2 rings (SSSR count). The van der Waals surface area contributed by atoms with Gasteiger partial charge in [0.1, 0.15) is 11.6 Å². The Kier molecular flexibility index (Phi) is 10.4. The summed E-state index contributed by atoms with van der Waals surface area (Å²) in [7, 11) is 1.33. The first-order valence-corrected chi connectivity index (χ1v) is 11.4. The van der Waals surface area contributed by atoms with E-state index in [2.05, 4.69) is 22.0 Å². The second-order valence-electron chi connectivity index (χ2n) is 8.13. The largest absolute Gasteiger partial charge is 0.491 e. The van der Waals surface area contributed by atoms with E-state index in [1.165, 1.54) is 18.8 Å². The van der Waals surface area contributed by atoms with Crippen LogP contribution in [0.4, 0.5) is 5.69 Å². The third-order valence-corrected chi connectivity index (χ3v) is 5.31. The average Bonchev–Trinajstić information content (AvgIpc) is 2.77. The molecule has 1 aliphatic carbocycles. The highest BCUT2D eigenvalue weighted by Crippen LogP contribution is 2.22. The van der Waals surface area contributed by atoms with E-state index >= 15 is 0 Å². The topological polar surface area (TPSA) is 88.7 Å². The van der Waals surface area contributed by atoms with E-state index in [0.717, 1.165) is 30.7 Å². The Hall–Kier alpha value is -2.67. The summed E-state index contributed by atoms with van der Waals surface area (Å²) in [5.41, 5.74) is 2.07. The van der Waals surface area contributed by atoms with Crippen molar-refractivity contribution in [1.82, 2.24) is 10.6 Å². The first-order chi connectivity index (χ1) is 15.3. The van der Waals surface area contributed by atoms with E-state index in [0.29, 0.717) is 12.4 Å². The molecule has 8 heteroatoms. The van der Waals surface area contributed by atoms with Crippen LogP contribution in [0.5, 0.6) is 5.75 Å². The van der Waals surface area contributed by atoms with Crippen LogP contribution in [0.1, 0.15) is 40.0 Å². The highest BCUT2D eigenvalue weighted by Gasteiger charge is 2.15. The number of esters is 1. The lowest BCUT2D eigenvalue weighted by Crippen LogP contribution is -2.32. The van der Waals surface area contributed by atoms with E-state index in [9.17, 15) is 9.59 Å². The summed E-state index contributed by atoms with van der Waals surface area (Å²) in [6, 6.07) is 7.54. The summed E-state index contributed by atoms with van der Waals surface area (Å²) in [6.45, 7) is 6.46. The summed E-state index contributed by atoms with van der Waals surface area (Å²) in [4.78, 5) is 24.0. The monoisotopic (exact) mass is 463 g/mol. The van der Waals surface area contributed by atoms with Crippen LogP contribution < -0.4 is 20.7 Å². The second-order valence-corrected chi connectivity index (χ2v) is 8.75. The minimum absolute atomic E-state index is 0.0957. The fourth-order valence-electron chi connectivity index (χ4n) is 3.12. The molecule has 0 radical (unpaired) electrons. The van der Waals surface area contributed by atoms with Gasteiger partial charge < -0.3 is 25.4 Å². The number of methoxy groups -OCH3 is 1. The Labute approximate surface area is 195 Å². The number of allylic oxidation sites excluding steroid dienone is 1. The van der Waals surface area contributed by atoms with Crippen molar-refractivity contribution < 1.29 is 19.1 Å². The predicted octanol–water partition coefficient (Wildman–Crippen LogP) is 3.96. The van der Waals surface area contributed by atoms with E-state index in [-0.39, 0.29) is 29.9 Å². The summed E-state index contributed by atoms with van der Waals surface area (Å²) in [6.07, 6.45) is 6.44. The van der Waals surface area contributed by atoms with Crippen molar-refractivity contribution in [1.29, 1.82) is 0 Å². The zero-order valence-electron chi connectivity index (χ0n) is 19.2. The van der Waals surface area contributed by atoms with E-state index in [1.54, 1.807) is 6.92 Å². The van der Waals surface area contributed by atoms with Crippen molar-refractivity contribution in [3.8, 4) is 5.75 Å². The molecule has 0 heterocycles. The minimum atomic E-state index is -0.425. The lowest BCUT2D eigenvalue weighted by Gasteiger charge is -2.20. The van der Waals surface area contributed by atoms with Gasteiger partial charge in [0.2, 0.25) is 5.91 Å². The van der Waals surface area contributed by atoms with Crippen molar-refractivity contribution >= 4 is 29.2 Å². The molecule has 0 saturated carbocycles. The standard InChI is InChI=1S/C24H34ClN3O4/c1-16(2)32-21-11-9-20(10-12-21)28-22(26-15-18-5-7-19(25)8-6-18)13-23(29)27-14-17(3)24(30)31-4/h5,9-13,16-17,19,26,28H,6-8,14-15H2,1-4H3,(H,27,29)/b22-13+/t17-,19?/m0/s1. The highest BCUT2D eigenvalue weighted by atomic mass is 35.5. The maximum atomic E-state index is 12.5. The van der Waals surface area contributed by atoms with Gasteiger partial charge in [-0.05, 0) is 57.4 Å². The van der Waals surface area contributed by atoms with Gasteiger partial charge in [-0.25, -0.2) is 0 Å². The third kappa shape index (κ3) is 9.22. The van der Waals surface area contributed by atoms with Crippen LogP contribution in [0.25, 0.3) is 0 Å². The Morgan fingerprint density at radius 2 is 1.91 bits per heavy atom. The van der Waals surface area contributed by atoms with Gasteiger partial charge >= 0.3 is 5.97 Å². The molecule has 0 saturated heterocycles. The number of ether oxygens (including phenoxy) is 2. The van der Waals surface area contributed by atoms with Gasteiger partial charge in [0.05, 0.1) is 19.1 Å². The molecule has 0 fully saturated rings. The highest BCUT2D eigenvalue weighted by molar-refractivity contribution is 6.20. The van der Waals surface area contributed by atoms with Gasteiger partial charge in [-0.15, -0.1) is 11.6 Å². The van der Waals surface area contributed by atoms with Crippen LogP contribution in [0.3, 0.4) is 0 Å². The van der Waals surface area contributed by atoms with Crippen LogP contribution >= 0.6 is 11.6 Å².